The van der Waals surface area contributed by atoms with Gasteiger partial charge in [0.1, 0.15) is 0 Å². The van der Waals surface area contributed by atoms with Crippen LogP contribution in [0.25, 0.3) is 0 Å². The first kappa shape index (κ1) is 17.9. The molecule has 1 N–H and O–H groups in total. The van der Waals surface area contributed by atoms with Crippen LogP contribution in [0.3, 0.4) is 0 Å². The van der Waals surface area contributed by atoms with Crippen LogP contribution in [0.5, 0.6) is 0 Å². The van der Waals surface area contributed by atoms with Crippen molar-refractivity contribution in [1.29, 1.82) is 0 Å². The van der Waals surface area contributed by atoms with E-state index in [1.54, 1.807) is 0 Å². The standard InChI is InChI=1S/C20H38O2Si/c1-17(2,3)23(7,8)22-16-14-11-18(4,5)12-15(14)19(6)9-10-20(16,19)13-21/h14-16,21H,9-13H2,1-8H3/t14-,15+,16+,19-,20-/m1/s1. The van der Waals surface area contributed by atoms with Gasteiger partial charge in [-0.3, -0.25) is 0 Å². The summed E-state index contributed by atoms with van der Waals surface area (Å²) in [5.74, 6) is 1.40. The van der Waals surface area contributed by atoms with E-state index < -0.39 is 8.32 Å². The lowest BCUT2D eigenvalue weighted by Gasteiger charge is -2.59. The zero-order valence-corrected chi connectivity index (χ0v) is 17.6. The summed E-state index contributed by atoms with van der Waals surface area (Å²) in [6.45, 7) is 19.4. The number of rotatable bonds is 3. The van der Waals surface area contributed by atoms with Gasteiger partial charge in [0.05, 0.1) is 12.7 Å². The summed E-state index contributed by atoms with van der Waals surface area (Å²) in [6, 6.07) is 0. The van der Waals surface area contributed by atoms with Gasteiger partial charge in [0.25, 0.3) is 0 Å². The van der Waals surface area contributed by atoms with Crippen molar-refractivity contribution in [3.63, 3.8) is 0 Å². The zero-order valence-electron chi connectivity index (χ0n) is 16.6. The Labute approximate surface area is 144 Å². The van der Waals surface area contributed by atoms with Gasteiger partial charge in [-0.25, -0.2) is 0 Å². The molecular weight excluding hydrogens is 300 g/mol. The first-order valence-electron chi connectivity index (χ1n) is 9.58. The molecule has 3 fully saturated rings. The first-order valence-corrected chi connectivity index (χ1v) is 12.5. The van der Waals surface area contributed by atoms with Gasteiger partial charge in [-0.05, 0) is 66.5 Å². The van der Waals surface area contributed by atoms with E-state index in [9.17, 15) is 5.11 Å². The van der Waals surface area contributed by atoms with E-state index >= 15 is 0 Å². The third kappa shape index (κ3) is 2.25. The molecule has 3 saturated carbocycles. The summed E-state index contributed by atoms with van der Waals surface area (Å²) in [5, 5.41) is 10.6. The fourth-order valence-electron chi connectivity index (χ4n) is 5.94. The van der Waals surface area contributed by atoms with Crippen LogP contribution in [0.15, 0.2) is 0 Å². The molecule has 0 aliphatic heterocycles. The maximum absolute atomic E-state index is 10.4. The number of hydrogen-bond donors (Lipinski definition) is 1. The lowest BCUT2D eigenvalue weighted by Crippen LogP contribution is -2.59. The van der Waals surface area contributed by atoms with Gasteiger partial charge in [-0.1, -0.05) is 41.5 Å². The van der Waals surface area contributed by atoms with Crippen LogP contribution >= 0.6 is 0 Å². The highest BCUT2D eigenvalue weighted by molar-refractivity contribution is 6.74. The van der Waals surface area contributed by atoms with Gasteiger partial charge in [-0.15, -0.1) is 0 Å². The normalized spacial score (nSPS) is 45.5. The Kier molecular flexibility index (Phi) is 3.79. The maximum atomic E-state index is 10.4. The van der Waals surface area contributed by atoms with Gasteiger partial charge in [0, 0.05) is 5.41 Å². The molecule has 23 heavy (non-hydrogen) atoms. The van der Waals surface area contributed by atoms with Crippen molar-refractivity contribution >= 4 is 8.32 Å². The Morgan fingerprint density at radius 2 is 1.70 bits per heavy atom. The maximum Gasteiger partial charge on any atom is 0.192 e. The SMILES string of the molecule is CC1(C)C[C@H]2[C@H](O[Si](C)(C)C(C)(C)C)[C@]3(CO)CC[C@]3(C)[C@H]2C1. The molecule has 3 heteroatoms. The van der Waals surface area contributed by atoms with E-state index in [1.165, 1.54) is 19.3 Å². The van der Waals surface area contributed by atoms with E-state index in [0.29, 0.717) is 23.4 Å². The van der Waals surface area contributed by atoms with Crippen LogP contribution in [-0.4, -0.2) is 26.1 Å². The molecule has 2 nitrogen and oxygen atoms in total. The van der Waals surface area contributed by atoms with Crippen LogP contribution in [-0.2, 0) is 4.43 Å². The largest absolute Gasteiger partial charge is 0.413 e. The molecule has 0 spiro atoms. The summed E-state index contributed by atoms with van der Waals surface area (Å²) in [6.07, 6.45) is 5.30. The van der Waals surface area contributed by atoms with Gasteiger partial charge in [-0.2, -0.15) is 0 Å². The van der Waals surface area contributed by atoms with Gasteiger partial charge < -0.3 is 9.53 Å². The van der Waals surface area contributed by atoms with Crippen molar-refractivity contribution in [3.05, 3.63) is 0 Å². The third-order valence-corrected chi connectivity index (χ3v) is 13.0. The minimum absolute atomic E-state index is 0.0361. The molecule has 0 saturated heterocycles. The molecule has 3 aliphatic rings. The molecule has 134 valence electrons. The summed E-state index contributed by atoms with van der Waals surface area (Å²) in [7, 11) is -1.82. The summed E-state index contributed by atoms with van der Waals surface area (Å²) >= 11 is 0. The number of fused-ring (bicyclic) bond motifs is 3. The van der Waals surface area contributed by atoms with E-state index in [1.807, 2.05) is 0 Å². The van der Waals surface area contributed by atoms with Crippen molar-refractivity contribution in [3.8, 4) is 0 Å². The molecule has 0 amide bonds. The fourth-order valence-corrected chi connectivity index (χ4v) is 7.33. The second kappa shape index (κ2) is 4.85. The van der Waals surface area contributed by atoms with Gasteiger partial charge in [0.15, 0.2) is 8.32 Å². The lowest BCUT2D eigenvalue weighted by atomic mass is 9.48. The van der Waals surface area contributed by atoms with Crippen LogP contribution in [0.2, 0.25) is 18.1 Å². The van der Waals surface area contributed by atoms with Gasteiger partial charge >= 0.3 is 0 Å². The molecule has 5 atom stereocenters. The van der Waals surface area contributed by atoms with Crippen molar-refractivity contribution in [2.75, 3.05) is 6.61 Å². The number of aliphatic hydroxyl groups excluding tert-OH is 1. The Morgan fingerprint density at radius 3 is 2.13 bits per heavy atom. The molecule has 0 bridgehead atoms. The lowest BCUT2D eigenvalue weighted by molar-refractivity contribution is -0.147. The van der Waals surface area contributed by atoms with E-state index in [0.717, 1.165) is 12.3 Å². The van der Waals surface area contributed by atoms with Crippen molar-refractivity contribution in [2.24, 2.45) is 28.1 Å². The van der Waals surface area contributed by atoms with Crippen molar-refractivity contribution < 1.29 is 9.53 Å². The summed E-state index contributed by atoms with van der Waals surface area (Å²) < 4.78 is 7.04. The highest BCUT2D eigenvalue weighted by Crippen LogP contribution is 2.76. The predicted octanol–water partition coefficient (Wildman–Crippen LogP) is 5.22. The van der Waals surface area contributed by atoms with Crippen molar-refractivity contribution in [2.45, 2.75) is 91.5 Å². The molecule has 3 aliphatic carbocycles. The molecule has 0 unspecified atom stereocenters. The molecule has 0 heterocycles. The van der Waals surface area contributed by atoms with E-state index in [2.05, 4.69) is 54.6 Å². The zero-order chi connectivity index (χ0) is 17.5. The Morgan fingerprint density at radius 1 is 1.09 bits per heavy atom. The van der Waals surface area contributed by atoms with Crippen LogP contribution in [0, 0.1) is 28.1 Å². The summed E-state index contributed by atoms with van der Waals surface area (Å²) in [5.41, 5.74) is 0.770. The van der Waals surface area contributed by atoms with E-state index in [4.69, 9.17) is 4.43 Å². The Bertz CT molecular complexity index is 488. The topological polar surface area (TPSA) is 29.5 Å². The molecule has 0 radical (unpaired) electrons. The van der Waals surface area contributed by atoms with Crippen LogP contribution in [0.4, 0.5) is 0 Å². The molecule has 3 rings (SSSR count). The fraction of sp³-hybridized carbons (Fsp3) is 1.00. The Balaban J connectivity index is 1.97. The highest BCUT2D eigenvalue weighted by atomic mass is 28.4. The average Bonchev–Trinajstić information content (AvgIpc) is 2.75. The predicted molar refractivity (Wildman–Crippen MR) is 98.9 cm³/mol. The van der Waals surface area contributed by atoms with Gasteiger partial charge in [0.2, 0.25) is 0 Å². The molecule has 0 aromatic heterocycles. The molecule has 0 aromatic rings. The highest BCUT2D eigenvalue weighted by Gasteiger charge is 2.74. The third-order valence-electron chi connectivity index (χ3n) is 8.57. The Hall–Kier alpha value is 0.137. The average molecular weight is 339 g/mol. The number of aliphatic hydroxyl groups is 1. The van der Waals surface area contributed by atoms with Crippen LogP contribution in [0.1, 0.15) is 67.2 Å². The molecular formula is C20H38O2Si. The molecule has 0 aromatic carbocycles. The second-order valence-corrected chi connectivity index (χ2v) is 16.1. The number of hydrogen-bond acceptors (Lipinski definition) is 2. The minimum atomic E-state index is -1.82. The quantitative estimate of drug-likeness (QED) is 0.715. The van der Waals surface area contributed by atoms with E-state index in [-0.39, 0.29) is 16.6 Å². The summed E-state index contributed by atoms with van der Waals surface area (Å²) in [4.78, 5) is 0. The second-order valence-electron chi connectivity index (χ2n) is 11.4. The minimum Gasteiger partial charge on any atom is -0.413 e. The van der Waals surface area contributed by atoms with Crippen LogP contribution < -0.4 is 0 Å². The first-order chi connectivity index (χ1) is 10.3. The van der Waals surface area contributed by atoms with Crippen molar-refractivity contribution in [1.82, 2.24) is 0 Å². The monoisotopic (exact) mass is 338 g/mol. The smallest absolute Gasteiger partial charge is 0.192 e.